The van der Waals surface area contributed by atoms with E-state index >= 15 is 0 Å². The fourth-order valence-electron chi connectivity index (χ4n) is 7.30. The van der Waals surface area contributed by atoms with Gasteiger partial charge in [-0.1, -0.05) is 50.2 Å². The lowest BCUT2D eigenvalue weighted by Gasteiger charge is -2.33. The molecular formula is C37H40N4O4. The van der Waals surface area contributed by atoms with Crippen LogP contribution in [0.5, 0.6) is 5.75 Å². The number of benzene rings is 2. The summed E-state index contributed by atoms with van der Waals surface area (Å²) in [5.74, 6) is 1.87. The zero-order valence-electron chi connectivity index (χ0n) is 26.0. The molecular weight excluding hydrogens is 564 g/mol. The van der Waals surface area contributed by atoms with Crippen molar-refractivity contribution >= 4 is 11.9 Å². The molecule has 45 heavy (non-hydrogen) atoms. The van der Waals surface area contributed by atoms with E-state index in [1.807, 2.05) is 37.3 Å². The number of carbonyl (C=O) groups is 2. The third-order valence-corrected chi connectivity index (χ3v) is 9.82. The molecule has 232 valence electrons. The van der Waals surface area contributed by atoms with Crippen LogP contribution < -0.4 is 4.74 Å². The van der Waals surface area contributed by atoms with Crippen LogP contribution in [0.1, 0.15) is 89.7 Å². The van der Waals surface area contributed by atoms with Gasteiger partial charge in [0.2, 0.25) is 5.91 Å². The van der Waals surface area contributed by atoms with E-state index in [1.165, 1.54) is 28.5 Å². The van der Waals surface area contributed by atoms with E-state index in [0.717, 1.165) is 68.6 Å². The number of amides is 1. The lowest BCUT2D eigenvalue weighted by Crippen LogP contribution is -2.38. The fraction of sp³-hybridized carbons (Fsp3) is 0.405. The Morgan fingerprint density at radius 2 is 1.78 bits per heavy atom. The Balaban J connectivity index is 1.12. The number of rotatable bonds is 9. The summed E-state index contributed by atoms with van der Waals surface area (Å²) in [5.41, 5.74) is 7.99. The van der Waals surface area contributed by atoms with Gasteiger partial charge in [0.1, 0.15) is 11.3 Å². The monoisotopic (exact) mass is 604 g/mol. The molecule has 2 aromatic heterocycles. The minimum atomic E-state index is -0.986. The second-order valence-electron chi connectivity index (χ2n) is 12.6. The second-order valence-corrected chi connectivity index (χ2v) is 12.6. The molecule has 1 amide bonds. The van der Waals surface area contributed by atoms with Gasteiger partial charge in [-0.05, 0) is 85.8 Å². The molecule has 0 bridgehead atoms. The van der Waals surface area contributed by atoms with Crippen LogP contribution in [0.25, 0.3) is 17.1 Å². The second kappa shape index (κ2) is 12.1. The fourth-order valence-corrected chi connectivity index (χ4v) is 7.30. The van der Waals surface area contributed by atoms with E-state index in [9.17, 15) is 14.7 Å². The Hall–Kier alpha value is -4.46. The predicted molar refractivity (Wildman–Crippen MR) is 172 cm³/mol. The van der Waals surface area contributed by atoms with Crippen molar-refractivity contribution in [3.05, 3.63) is 94.3 Å². The van der Waals surface area contributed by atoms with Crippen LogP contribution in [-0.4, -0.2) is 56.3 Å². The number of likely N-dealkylation sites (tertiary alicyclic amines) is 1. The lowest BCUT2D eigenvalue weighted by molar-refractivity contribution is -0.133. The van der Waals surface area contributed by atoms with E-state index < -0.39 is 5.97 Å². The summed E-state index contributed by atoms with van der Waals surface area (Å²) in [6, 6.07) is 19.0. The number of aromatic nitrogens is 3. The van der Waals surface area contributed by atoms with Gasteiger partial charge in [0.05, 0.1) is 24.2 Å². The highest BCUT2D eigenvalue weighted by atomic mass is 16.5. The molecule has 0 spiro atoms. The largest absolute Gasteiger partial charge is 0.493 e. The minimum absolute atomic E-state index is 0.184. The summed E-state index contributed by atoms with van der Waals surface area (Å²) in [7, 11) is 0. The van der Waals surface area contributed by atoms with E-state index in [2.05, 4.69) is 41.2 Å². The Labute approximate surface area is 264 Å². The SMILES string of the molecule is CCc1cc(CC2COc3cccc(-c4cccc(-n5ncc(C(=O)O)c5CC)n4)c32)ccc1C1CCN(C(=O)C2CC2)CC1. The number of piperidine rings is 1. The van der Waals surface area contributed by atoms with Crippen molar-refractivity contribution in [1.29, 1.82) is 0 Å². The number of nitrogens with zero attached hydrogens (tertiary/aromatic N) is 4. The van der Waals surface area contributed by atoms with Gasteiger partial charge in [0.15, 0.2) is 5.82 Å². The number of aryl methyl sites for hydroxylation is 1. The summed E-state index contributed by atoms with van der Waals surface area (Å²) < 4.78 is 7.84. The van der Waals surface area contributed by atoms with Gasteiger partial charge in [0.25, 0.3) is 0 Å². The quantitative estimate of drug-likeness (QED) is 0.232. The van der Waals surface area contributed by atoms with Gasteiger partial charge in [0, 0.05) is 36.1 Å². The predicted octanol–water partition coefficient (Wildman–Crippen LogP) is 6.59. The Morgan fingerprint density at radius 3 is 2.51 bits per heavy atom. The lowest BCUT2D eigenvalue weighted by atomic mass is 9.83. The molecule has 8 heteroatoms. The van der Waals surface area contributed by atoms with Crippen LogP contribution in [-0.2, 0) is 24.1 Å². The van der Waals surface area contributed by atoms with Gasteiger partial charge in [-0.3, -0.25) is 4.79 Å². The zero-order valence-corrected chi connectivity index (χ0v) is 26.0. The minimum Gasteiger partial charge on any atom is -0.493 e. The first-order chi connectivity index (χ1) is 21.9. The molecule has 1 unspecified atom stereocenters. The van der Waals surface area contributed by atoms with Crippen molar-refractivity contribution in [2.24, 2.45) is 5.92 Å². The van der Waals surface area contributed by atoms with Crippen molar-refractivity contribution in [3.63, 3.8) is 0 Å². The Kier molecular flexibility index (Phi) is 7.90. The van der Waals surface area contributed by atoms with Gasteiger partial charge >= 0.3 is 5.97 Å². The average molecular weight is 605 g/mol. The van der Waals surface area contributed by atoms with Crippen LogP contribution >= 0.6 is 0 Å². The van der Waals surface area contributed by atoms with E-state index in [0.29, 0.717) is 42.3 Å². The molecule has 1 atom stereocenters. The van der Waals surface area contributed by atoms with E-state index in [-0.39, 0.29) is 11.5 Å². The smallest absolute Gasteiger partial charge is 0.339 e. The molecule has 1 saturated carbocycles. The number of fused-ring (bicyclic) bond motifs is 1. The molecule has 1 aliphatic carbocycles. The Bertz CT molecular complexity index is 1750. The van der Waals surface area contributed by atoms with Crippen LogP contribution in [0.2, 0.25) is 0 Å². The number of carboxylic acids is 1. The van der Waals surface area contributed by atoms with Crippen LogP contribution in [0.3, 0.4) is 0 Å². The number of carboxylic acid groups (broad SMARTS) is 1. The van der Waals surface area contributed by atoms with Crippen molar-refractivity contribution in [3.8, 4) is 22.8 Å². The highest BCUT2D eigenvalue weighted by Gasteiger charge is 2.35. The number of pyridine rings is 1. The first kappa shape index (κ1) is 29.3. The number of aromatic carboxylic acids is 1. The highest BCUT2D eigenvalue weighted by molar-refractivity contribution is 5.88. The van der Waals surface area contributed by atoms with Crippen molar-refractivity contribution in [2.75, 3.05) is 19.7 Å². The number of ether oxygens (including phenoxy) is 1. The molecule has 4 aromatic rings. The van der Waals surface area contributed by atoms with Gasteiger partial charge in [-0.25, -0.2) is 14.5 Å². The summed E-state index contributed by atoms with van der Waals surface area (Å²) in [4.78, 5) is 31.3. The van der Waals surface area contributed by atoms with Crippen molar-refractivity contribution in [1.82, 2.24) is 19.7 Å². The number of carbonyl (C=O) groups excluding carboxylic acids is 1. The Morgan fingerprint density at radius 1 is 0.978 bits per heavy atom. The molecule has 1 N–H and O–H groups in total. The third kappa shape index (κ3) is 5.62. The van der Waals surface area contributed by atoms with Crippen LogP contribution in [0.15, 0.2) is 60.8 Å². The number of hydrogen-bond donors (Lipinski definition) is 1. The maximum absolute atomic E-state index is 12.6. The van der Waals surface area contributed by atoms with Crippen molar-refractivity contribution < 1.29 is 19.4 Å². The maximum atomic E-state index is 12.6. The van der Waals surface area contributed by atoms with Crippen LogP contribution in [0, 0.1) is 5.92 Å². The van der Waals surface area contributed by atoms with Crippen molar-refractivity contribution in [2.45, 2.75) is 70.6 Å². The normalized spacial score (nSPS) is 18.1. The summed E-state index contributed by atoms with van der Waals surface area (Å²) in [6.07, 6.45) is 8.01. The zero-order chi connectivity index (χ0) is 31.1. The standard InChI is InChI=1S/C37H40N4O4/c1-3-24-19-23(11-14-28(24)25-15-17-40(18-16-25)36(42)26-12-13-26)20-27-22-45-33-9-5-7-29(35(27)33)31-8-6-10-34(39-31)41-32(4-2)30(21-38-41)37(43)44/h5-11,14,19,21,25-27H,3-4,12-13,15-18,20,22H2,1-2H3,(H,43,44). The summed E-state index contributed by atoms with van der Waals surface area (Å²) in [5, 5.41) is 14.0. The topological polar surface area (TPSA) is 97.6 Å². The molecule has 1 saturated heterocycles. The third-order valence-electron chi connectivity index (χ3n) is 9.82. The maximum Gasteiger partial charge on any atom is 0.339 e. The molecule has 0 radical (unpaired) electrons. The van der Waals surface area contributed by atoms with Crippen LogP contribution in [0.4, 0.5) is 0 Å². The van der Waals surface area contributed by atoms with Gasteiger partial charge in [-0.2, -0.15) is 5.10 Å². The van der Waals surface area contributed by atoms with Gasteiger partial charge in [-0.15, -0.1) is 0 Å². The molecule has 2 fully saturated rings. The molecule has 2 aromatic carbocycles. The summed E-state index contributed by atoms with van der Waals surface area (Å²) in [6.45, 7) is 6.53. The molecule has 3 aliphatic rings. The molecule has 8 nitrogen and oxygen atoms in total. The average Bonchev–Trinajstić information content (AvgIpc) is 3.70. The first-order valence-corrected chi connectivity index (χ1v) is 16.4. The molecule has 2 aliphatic heterocycles. The van der Waals surface area contributed by atoms with E-state index in [4.69, 9.17) is 9.72 Å². The first-order valence-electron chi connectivity index (χ1n) is 16.4. The van der Waals surface area contributed by atoms with Gasteiger partial charge < -0.3 is 14.7 Å². The summed E-state index contributed by atoms with van der Waals surface area (Å²) >= 11 is 0. The number of hydrogen-bond acceptors (Lipinski definition) is 5. The van der Waals surface area contributed by atoms with E-state index in [1.54, 1.807) is 4.68 Å². The highest BCUT2D eigenvalue weighted by Crippen LogP contribution is 2.43. The molecule has 4 heterocycles. The molecule has 7 rings (SSSR count).